The average Bonchev–Trinajstić information content (AvgIpc) is 2.56. The molecule has 0 unspecified atom stereocenters. The minimum atomic E-state index is 0.177. The highest BCUT2D eigenvalue weighted by molar-refractivity contribution is 5.92. The molecule has 3 rings (SSSR count). The highest BCUT2D eigenvalue weighted by Gasteiger charge is 2.22. The van der Waals surface area contributed by atoms with Gasteiger partial charge in [0.2, 0.25) is 0 Å². The van der Waals surface area contributed by atoms with Crippen LogP contribution in [0, 0.1) is 0 Å². The highest BCUT2D eigenvalue weighted by atomic mass is 16.5. The molecule has 1 N–H and O–H groups in total. The largest absolute Gasteiger partial charge is 0.497 e. The van der Waals surface area contributed by atoms with Gasteiger partial charge >= 0.3 is 0 Å². The molecular formula is C19H19NO2. The summed E-state index contributed by atoms with van der Waals surface area (Å²) in [6, 6.07) is 17.9. The third kappa shape index (κ3) is 3.37. The zero-order valence-corrected chi connectivity index (χ0v) is 12.6. The van der Waals surface area contributed by atoms with Crippen molar-refractivity contribution in [1.82, 2.24) is 0 Å². The highest BCUT2D eigenvalue weighted by Crippen LogP contribution is 2.32. The molecule has 1 aliphatic rings. The van der Waals surface area contributed by atoms with Crippen molar-refractivity contribution in [3.63, 3.8) is 0 Å². The number of ether oxygens (including phenoxy) is 1. The number of hydrogen-bond acceptors (Lipinski definition) is 3. The van der Waals surface area contributed by atoms with Gasteiger partial charge in [-0.3, -0.25) is 4.79 Å². The summed E-state index contributed by atoms with van der Waals surface area (Å²) in [5.74, 6) is 1.25. The molecule has 0 fully saturated rings. The van der Waals surface area contributed by atoms with E-state index in [1.54, 1.807) is 13.2 Å². The molecule has 3 heteroatoms. The maximum absolute atomic E-state index is 12.0. The van der Waals surface area contributed by atoms with Crippen molar-refractivity contribution >= 4 is 11.5 Å². The van der Waals surface area contributed by atoms with Crippen molar-refractivity contribution in [3.8, 4) is 5.75 Å². The van der Waals surface area contributed by atoms with Crippen molar-refractivity contribution in [2.75, 3.05) is 12.4 Å². The van der Waals surface area contributed by atoms with E-state index in [4.69, 9.17) is 4.74 Å². The molecule has 0 saturated heterocycles. The number of carbonyl (C=O) groups is 1. The Morgan fingerprint density at radius 2 is 1.73 bits per heavy atom. The van der Waals surface area contributed by atoms with Gasteiger partial charge in [-0.05, 0) is 42.2 Å². The van der Waals surface area contributed by atoms with E-state index < -0.39 is 0 Å². The lowest BCUT2D eigenvalue weighted by Gasteiger charge is -2.23. The number of ketones is 1. The Hall–Kier alpha value is -2.55. The quantitative estimate of drug-likeness (QED) is 0.920. The van der Waals surface area contributed by atoms with Gasteiger partial charge in [-0.25, -0.2) is 0 Å². The van der Waals surface area contributed by atoms with E-state index >= 15 is 0 Å². The molecule has 22 heavy (non-hydrogen) atoms. The summed E-state index contributed by atoms with van der Waals surface area (Å²) in [7, 11) is 1.65. The van der Waals surface area contributed by atoms with Gasteiger partial charge in [0.05, 0.1) is 7.11 Å². The maximum Gasteiger partial charge on any atom is 0.158 e. The van der Waals surface area contributed by atoms with Crippen LogP contribution < -0.4 is 10.1 Å². The van der Waals surface area contributed by atoms with E-state index in [2.05, 4.69) is 17.4 Å². The maximum atomic E-state index is 12.0. The van der Waals surface area contributed by atoms with Crippen molar-refractivity contribution in [3.05, 3.63) is 71.9 Å². The molecule has 0 aromatic heterocycles. The number of benzene rings is 2. The molecule has 112 valence electrons. The lowest BCUT2D eigenvalue weighted by Crippen LogP contribution is -2.16. The Balaban J connectivity index is 1.74. The Morgan fingerprint density at radius 1 is 1.00 bits per heavy atom. The zero-order valence-electron chi connectivity index (χ0n) is 12.6. The number of carbonyl (C=O) groups excluding carboxylic acids is 1. The third-order valence-electron chi connectivity index (χ3n) is 3.92. The summed E-state index contributed by atoms with van der Waals surface area (Å²) in [5, 5.41) is 3.35. The number of allylic oxidation sites excluding steroid dienone is 2. The van der Waals surface area contributed by atoms with Gasteiger partial charge < -0.3 is 10.1 Å². The number of nitrogens with one attached hydrogen (secondary N) is 1. The van der Waals surface area contributed by atoms with E-state index in [-0.39, 0.29) is 11.7 Å². The van der Waals surface area contributed by atoms with Crippen LogP contribution in [0.1, 0.15) is 24.3 Å². The van der Waals surface area contributed by atoms with E-state index in [1.807, 2.05) is 42.5 Å². The van der Waals surface area contributed by atoms with Gasteiger partial charge in [-0.2, -0.15) is 0 Å². The number of rotatable bonds is 4. The summed E-state index contributed by atoms with van der Waals surface area (Å²) in [6.45, 7) is 0. The Bertz CT molecular complexity index is 674. The summed E-state index contributed by atoms with van der Waals surface area (Å²) >= 11 is 0. The lowest BCUT2D eigenvalue weighted by atomic mass is 9.85. The fourth-order valence-corrected chi connectivity index (χ4v) is 2.80. The molecule has 0 radical (unpaired) electrons. The minimum Gasteiger partial charge on any atom is -0.497 e. The first-order chi connectivity index (χ1) is 10.7. The van der Waals surface area contributed by atoms with Crippen molar-refractivity contribution in [2.24, 2.45) is 0 Å². The molecule has 3 nitrogen and oxygen atoms in total. The predicted octanol–water partition coefficient (Wildman–Crippen LogP) is 4.14. The third-order valence-corrected chi connectivity index (χ3v) is 3.92. The van der Waals surface area contributed by atoms with Gasteiger partial charge in [-0.1, -0.05) is 30.3 Å². The monoisotopic (exact) mass is 293 g/mol. The van der Waals surface area contributed by atoms with Crippen molar-refractivity contribution in [1.29, 1.82) is 0 Å². The predicted molar refractivity (Wildman–Crippen MR) is 88.1 cm³/mol. The van der Waals surface area contributed by atoms with Gasteiger partial charge in [0, 0.05) is 23.9 Å². The molecule has 0 aliphatic heterocycles. The van der Waals surface area contributed by atoms with Crippen LogP contribution in [-0.4, -0.2) is 12.9 Å². The molecule has 0 spiro atoms. The van der Waals surface area contributed by atoms with Crippen LogP contribution >= 0.6 is 0 Å². The molecule has 0 bridgehead atoms. The zero-order chi connectivity index (χ0) is 15.4. The second-order valence-electron chi connectivity index (χ2n) is 5.51. The number of anilines is 1. The fourth-order valence-electron chi connectivity index (χ4n) is 2.80. The molecule has 2 aromatic carbocycles. The first kappa shape index (κ1) is 14.4. The molecule has 0 amide bonds. The van der Waals surface area contributed by atoms with Gasteiger partial charge in [-0.15, -0.1) is 0 Å². The first-order valence-electron chi connectivity index (χ1n) is 7.44. The van der Waals surface area contributed by atoms with Crippen molar-refractivity contribution < 1.29 is 9.53 Å². The Labute approximate surface area is 130 Å². The molecule has 0 heterocycles. The van der Waals surface area contributed by atoms with Crippen LogP contribution in [0.5, 0.6) is 5.75 Å². The fraction of sp³-hybridized carbons (Fsp3) is 0.211. The van der Waals surface area contributed by atoms with Gasteiger partial charge in [0.15, 0.2) is 5.78 Å². The summed E-state index contributed by atoms with van der Waals surface area (Å²) in [5.41, 5.74) is 3.15. The second kappa shape index (κ2) is 6.48. The van der Waals surface area contributed by atoms with Crippen LogP contribution in [0.25, 0.3) is 0 Å². The van der Waals surface area contributed by atoms with Gasteiger partial charge in [0.1, 0.15) is 5.75 Å². The normalized spacial score (nSPS) is 17.8. The summed E-state index contributed by atoms with van der Waals surface area (Å²) in [4.78, 5) is 12.0. The summed E-state index contributed by atoms with van der Waals surface area (Å²) < 4.78 is 5.15. The standard InChI is InChI=1S/C19H19NO2/c1-22-19-9-7-16(8-10-19)20-17-11-15(12-18(21)13-17)14-5-3-2-4-6-14/h2-10,13,15,20H,11-12H2,1H3/t15-/m1/s1. The van der Waals surface area contributed by atoms with Crippen LogP contribution in [-0.2, 0) is 4.79 Å². The number of hydrogen-bond donors (Lipinski definition) is 1. The van der Waals surface area contributed by atoms with Crippen LogP contribution in [0.15, 0.2) is 66.4 Å². The van der Waals surface area contributed by atoms with Crippen LogP contribution in [0.3, 0.4) is 0 Å². The average molecular weight is 293 g/mol. The Kier molecular flexibility index (Phi) is 4.24. The minimum absolute atomic E-state index is 0.177. The molecular weight excluding hydrogens is 274 g/mol. The van der Waals surface area contributed by atoms with Crippen LogP contribution in [0.2, 0.25) is 0 Å². The molecule has 0 saturated carbocycles. The smallest absolute Gasteiger partial charge is 0.158 e. The second-order valence-corrected chi connectivity index (χ2v) is 5.51. The topological polar surface area (TPSA) is 38.3 Å². The van der Waals surface area contributed by atoms with Gasteiger partial charge in [0.25, 0.3) is 0 Å². The van der Waals surface area contributed by atoms with Crippen molar-refractivity contribution in [2.45, 2.75) is 18.8 Å². The molecule has 1 aliphatic carbocycles. The molecule has 2 aromatic rings. The number of methoxy groups -OCH3 is 1. The summed E-state index contributed by atoms with van der Waals surface area (Å²) in [6.07, 6.45) is 3.16. The van der Waals surface area contributed by atoms with E-state index in [0.717, 1.165) is 23.6 Å². The lowest BCUT2D eigenvalue weighted by molar-refractivity contribution is -0.115. The Morgan fingerprint density at radius 3 is 2.41 bits per heavy atom. The van der Waals surface area contributed by atoms with E-state index in [0.29, 0.717) is 6.42 Å². The van der Waals surface area contributed by atoms with E-state index in [1.165, 1.54) is 5.56 Å². The van der Waals surface area contributed by atoms with Crippen LogP contribution in [0.4, 0.5) is 5.69 Å². The first-order valence-corrected chi connectivity index (χ1v) is 7.44. The SMILES string of the molecule is COc1ccc(NC2=CC(=O)C[C@H](c3ccccc3)C2)cc1. The molecule has 1 atom stereocenters. The van der Waals surface area contributed by atoms with E-state index in [9.17, 15) is 4.79 Å².